The number of hydrogen-bond donors (Lipinski definition) is 1. The van der Waals surface area contributed by atoms with Gasteiger partial charge in [-0.3, -0.25) is 4.79 Å². The van der Waals surface area contributed by atoms with E-state index in [1.165, 1.54) is 0 Å². The van der Waals surface area contributed by atoms with Crippen LogP contribution >= 0.6 is 0 Å². The summed E-state index contributed by atoms with van der Waals surface area (Å²) in [6.07, 6.45) is 4.55. The number of piperidine rings is 1. The smallest absolute Gasteiger partial charge is 0.161 e. The fourth-order valence-corrected chi connectivity index (χ4v) is 3.54. The number of aromatic nitrogens is 4. The molecular weight excluding hydrogens is 354 g/mol. The van der Waals surface area contributed by atoms with Crippen LogP contribution in [0.15, 0.2) is 54.9 Å². The van der Waals surface area contributed by atoms with Gasteiger partial charge >= 0.3 is 0 Å². The molecule has 4 rings (SSSR count). The lowest BCUT2D eigenvalue weighted by atomic mass is 10.0. The Morgan fingerprint density at radius 2 is 1.89 bits per heavy atom. The predicted octanol–water partition coefficient (Wildman–Crippen LogP) is 2.80. The molecule has 144 valence electrons. The van der Waals surface area contributed by atoms with E-state index in [9.17, 15) is 9.90 Å². The van der Waals surface area contributed by atoms with Crippen molar-refractivity contribution in [1.29, 1.82) is 0 Å². The molecule has 1 N–H and O–H groups in total. The first kappa shape index (κ1) is 18.3. The van der Waals surface area contributed by atoms with Crippen molar-refractivity contribution in [1.82, 2.24) is 20.0 Å². The van der Waals surface area contributed by atoms with E-state index >= 15 is 0 Å². The number of ketones is 1. The SMILES string of the molecule is CC(=O)c1ccc(N2CCC(n3cc(C(O)c4ccccc4)nn3)CC2)nc1. The maximum atomic E-state index is 11.4. The van der Waals surface area contributed by atoms with Gasteiger partial charge in [-0.15, -0.1) is 5.10 Å². The van der Waals surface area contributed by atoms with Crippen molar-refractivity contribution in [2.75, 3.05) is 18.0 Å². The molecule has 0 saturated carbocycles. The lowest BCUT2D eigenvalue weighted by Crippen LogP contribution is -2.35. The number of Topliss-reactive ketones (excluding diaryl/α,β-unsaturated/α-hetero) is 1. The van der Waals surface area contributed by atoms with Crippen molar-refractivity contribution in [3.8, 4) is 0 Å². The quantitative estimate of drug-likeness (QED) is 0.689. The zero-order chi connectivity index (χ0) is 19.5. The Labute approximate surface area is 163 Å². The van der Waals surface area contributed by atoms with Gasteiger partial charge in [-0.2, -0.15) is 0 Å². The number of anilines is 1. The molecule has 7 nitrogen and oxygen atoms in total. The molecule has 1 fully saturated rings. The normalized spacial score (nSPS) is 16.1. The first-order valence-electron chi connectivity index (χ1n) is 9.48. The molecule has 7 heteroatoms. The number of nitrogens with zero attached hydrogens (tertiary/aromatic N) is 5. The van der Waals surface area contributed by atoms with Crippen LogP contribution < -0.4 is 4.90 Å². The Morgan fingerprint density at radius 3 is 2.54 bits per heavy atom. The van der Waals surface area contributed by atoms with E-state index < -0.39 is 6.10 Å². The molecule has 3 heterocycles. The molecule has 1 aromatic carbocycles. The minimum atomic E-state index is -0.765. The highest BCUT2D eigenvalue weighted by Gasteiger charge is 2.24. The average molecular weight is 377 g/mol. The molecule has 0 radical (unpaired) electrons. The third-order valence-corrected chi connectivity index (χ3v) is 5.24. The number of carbonyl (C=O) groups is 1. The van der Waals surface area contributed by atoms with Crippen LogP contribution in [0.1, 0.15) is 53.5 Å². The molecule has 0 aliphatic carbocycles. The molecule has 1 atom stereocenters. The van der Waals surface area contributed by atoms with Crippen molar-refractivity contribution in [3.63, 3.8) is 0 Å². The van der Waals surface area contributed by atoms with Gasteiger partial charge in [0, 0.05) is 24.8 Å². The van der Waals surface area contributed by atoms with Crippen molar-refractivity contribution < 1.29 is 9.90 Å². The van der Waals surface area contributed by atoms with Gasteiger partial charge in [0.15, 0.2) is 5.78 Å². The lowest BCUT2D eigenvalue weighted by Gasteiger charge is -2.32. The van der Waals surface area contributed by atoms with Crippen molar-refractivity contribution in [2.45, 2.75) is 31.9 Å². The maximum absolute atomic E-state index is 11.4. The second-order valence-electron chi connectivity index (χ2n) is 7.12. The predicted molar refractivity (Wildman–Crippen MR) is 105 cm³/mol. The minimum Gasteiger partial charge on any atom is -0.382 e. The third kappa shape index (κ3) is 3.80. The number of aliphatic hydroxyl groups is 1. The van der Waals surface area contributed by atoms with Gasteiger partial charge in [0.05, 0.1) is 12.2 Å². The fraction of sp³-hybridized carbons (Fsp3) is 0.333. The highest BCUT2D eigenvalue weighted by molar-refractivity contribution is 5.93. The topological polar surface area (TPSA) is 84.1 Å². The van der Waals surface area contributed by atoms with Crippen LogP contribution in [0, 0.1) is 0 Å². The molecule has 0 spiro atoms. The zero-order valence-electron chi connectivity index (χ0n) is 15.8. The largest absolute Gasteiger partial charge is 0.382 e. The van der Waals surface area contributed by atoms with Gasteiger partial charge in [-0.1, -0.05) is 35.5 Å². The van der Waals surface area contributed by atoms with Crippen LogP contribution in [0.25, 0.3) is 0 Å². The standard InChI is InChI=1S/C21H23N5O2/c1-15(27)17-7-8-20(22-13-17)25-11-9-18(10-12-25)26-14-19(23-24-26)21(28)16-5-3-2-4-6-16/h2-8,13-14,18,21,28H,9-12H2,1H3. The van der Waals surface area contributed by atoms with E-state index in [4.69, 9.17) is 0 Å². The molecule has 2 aromatic heterocycles. The number of aliphatic hydroxyl groups excluding tert-OH is 1. The monoisotopic (exact) mass is 377 g/mol. The van der Waals surface area contributed by atoms with Crippen molar-refractivity contribution >= 4 is 11.6 Å². The highest BCUT2D eigenvalue weighted by Crippen LogP contribution is 2.26. The Balaban J connectivity index is 1.39. The summed E-state index contributed by atoms with van der Waals surface area (Å²) in [5.41, 5.74) is 2.00. The Morgan fingerprint density at radius 1 is 1.14 bits per heavy atom. The molecule has 1 aliphatic rings. The van der Waals surface area contributed by atoms with E-state index in [0.29, 0.717) is 11.3 Å². The second-order valence-corrected chi connectivity index (χ2v) is 7.12. The van der Waals surface area contributed by atoms with Gasteiger partial charge in [0.25, 0.3) is 0 Å². The fourth-order valence-electron chi connectivity index (χ4n) is 3.54. The molecule has 28 heavy (non-hydrogen) atoms. The van der Waals surface area contributed by atoms with E-state index in [-0.39, 0.29) is 11.8 Å². The van der Waals surface area contributed by atoms with E-state index in [2.05, 4.69) is 20.2 Å². The van der Waals surface area contributed by atoms with E-state index in [1.54, 1.807) is 13.1 Å². The molecule has 1 saturated heterocycles. The van der Waals surface area contributed by atoms with Crippen LogP contribution in [0.4, 0.5) is 5.82 Å². The van der Waals surface area contributed by atoms with Crippen LogP contribution in [0.3, 0.4) is 0 Å². The maximum Gasteiger partial charge on any atom is 0.161 e. The minimum absolute atomic E-state index is 0.0254. The zero-order valence-corrected chi connectivity index (χ0v) is 15.8. The lowest BCUT2D eigenvalue weighted by molar-refractivity contribution is 0.101. The van der Waals surface area contributed by atoms with Crippen LogP contribution in [-0.4, -0.2) is 44.0 Å². The molecular formula is C21H23N5O2. The Hall–Kier alpha value is -3.06. The molecule has 1 unspecified atom stereocenters. The van der Waals surface area contributed by atoms with Gasteiger partial charge in [-0.05, 0) is 37.5 Å². The van der Waals surface area contributed by atoms with Gasteiger partial charge in [0.2, 0.25) is 0 Å². The molecule has 0 amide bonds. The second kappa shape index (κ2) is 7.90. The van der Waals surface area contributed by atoms with Gasteiger partial charge in [-0.25, -0.2) is 9.67 Å². The first-order valence-corrected chi connectivity index (χ1v) is 9.48. The summed E-state index contributed by atoms with van der Waals surface area (Å²) in [6.45, 7) is 3.25. The van der Waals surface area contributed by atoms with Crippen LogP contribution in [0.2, 0.25) is 0 Å². The number of rotatable bonds is 5. The summed E-state index contributed by atoms with van der Waals surface area (Å²) in [5, 5.41) is 18.9. The molecule has 3 aromatic rings. The van der Waals surface area contributed by atoms with Crippen LogP contribution in [0.5, 0.6) is 0 Å². The first-order chi connectivity index (χ1) is 13.6. The van der Waals surface area contributed by atoms with Crippen molar-refractivity contribution in [3.05, 3.63) is 71.7 Å². The summed E-state index contributed by atoms with van der Waals surface area (Å²) in [5.74, 6) is 0.916. The summed E-state index contributed by atoms with van der Waals surface area (Å²) in [6, 6.07) is 13.5. The number of benzene rings is 1. The van der Waals surface area contributed by atoms with E-state index in [0.717, 1.165) is 37.3 Å². The molecule has 1 aliphatic heterocycles. The van der Waals surface area contributed by atoms with Crippen molar-refractivity contribution in [2.24, 2.45) is 0 Å². The molecule has 0 bridgehead atoms. The Bertz CT molecular complexity index is 931. The van der Waals surface area contributed by atoms with Gasteiger partial charge in [0.1, 0.15) is 17.6 Å². The third-order valence-electron chi connectivity index (χ3n) is 5.24. The summed E-state index contributed by atoms with van der Waals surface area (Å²) < 4.78 is 1.87. The number of carbonyl (C=O) groups excluding carboxylic acids is 1. The highest BCUT2D eigenvalue weighted by atomic mass is 16.3. The average Bonchev–Trinajstić information content (AvgIpc) is 3.24. The van der Waals surface area contributed by atoms with E-state index in [1.807, 2.05) is 53.3 Å². The summed E-state index contributed by atoms with van der Waals surface area (Å²) in [7, 11) is 0. The van der Waals surface area contributed by atoms with Gasteiger partial charge < -0.3 is 10.0 Å². The number of hydrogen-bond acceptors (Lipinski definition) is 6. The Kier molecular flexibility index (Phi) is 5.16. The summed E-state index contributed by atoms with van der Waals surface area (Å²) in [4.78, 5) is 18.0. The van der Waals surface area contributed by atoms with Crippen LogP contribution in [-0.2, 0) is 0 Å². The number of pyridine rings is 1. The summed E-state index contributed by atoms with van der Waals surface area (Å²) >= 11 is 0.